The van der Waals surface area contributed by atoms with Crippen molar-refractivity contribution < 1.29 is 14.7 Å². The van der Waals surface area contributed by atoms with Crippen molar-refractivity contribution in [1.82, 2.24) is 0 Å². The van der Waals surface area contributed by atoms with Crippen LogP contribution in [0.25, 0.3) is 0 Å². The number of hydrogen-bond donors (Lipinski definition) is 1. The molecule has 0 aliphatic carbocycles. The second kappa shape index (κ2) is 8.55. The van der Waals surface area contributed by atoms with E-state index in [1.54, 1.807) is 24.3 Å². The lowest BCUT2D eigenvalue weighted by Crippen LogP contribution is -2.08. The molecule has 0 aliphatic heterocycles. The van der Waals surface area contributed by atoms with Gasteiger partial charge in [0.25, 0.3) is 5.90 Å². The van der Waals surface area contributed by atoms with Crippen LogP contribution in [0, 0.1) is 0 Å². The molecule has 3 aromatic carbocycles. The van der Waals surface area contributed by atoms with Crippen LogP contribution < -0.4 is 0 Å². The van der Waals surface area contributed by atoms with E-state index >= 15 is 0 Å². The lowest BCUT2D eigenvalue weighted by atomic mass is 10.2. The van der Waals surface area contributed by atoms with Gasteiger partial charge in [-0.2, -0.15) is 0 Å². The number of nitrogens with zero attached hydrogens (tertiary/aromatic N) is 1. The molecule has 126 valence electrons. The molecule has 3 aromatic rings. The molecule has 25 heavy (non-hydrogen) atoms. The zero-order valence-corrected chi connectivity index (χ0v) is 13.7. The Morgan fingerprint density at radius 1 is 0.720 bits per heavy atom. The number of benzene rings is 3. The highest BCUT2D eigenvalue weighted by Gasteiger charge is 2.07. The van der Waals surface area contributed by atoms with Gasteiger partial charge in [-0.15, -0.1) is 0 Å². The van der Waals surface area contributed by atoms with Gasteiger partial charge in [-0.05, 0) is 40.5 Å². The Hall–Kier alpha value is -3.27. The van der Waals surface area contributed by atoms with Crippen molar-refractivity contribution >= 4 is 5.90 Å². The minimum atomic E-state index is 0.191. The van der Waals surface area contributed by atoms with Crippen LogP contribution in [0.3, 0.4) is 0 Å². The molecule has 0 heterocycles. The molecule has 0 spiro atoms. The average Bonchev–Trinajstić information content (AvgIpc) is 2.67. The first-order valence-electron chi connectivity index (χ1n) is 8.01. The average molecular weight is 333 g/mol. The van der Waals surface area contributed by atoms with Crippen LogP contribution >= 0.6 is 0 Å². The van der Waals surface area contributed by atoms with Crippen molar-refractivity contribution in [2.45, 2.75) is 13.2 Å². The SMILES string of the molecule is Oc1ccc(C(=NOCc2ccccc2)OCc2ccccc2)cc1. The molecule has 1 N–H and O–H groups in total. The van der Waals surface area contributed by atoms with Gasteiger partial charge in [0.1, 0.15) is 19.0 Å². The third kappa shape index (κ3) is 5.11. The summed E-state index contributed by atoms with van der Waals surface area (Å²) in [7, 11) is 0. The molecule has 0 aliphatic rings. The highest BCUT2D eigenvalue weighted by atomic mass is 16.6. The quantitative estimate of drug-likeness (QED) is 0.411. The molecule has 4 heteroatoms. The predicted molar refractivity (Wildman–Crippen MR) is 97.1 cm³/mol. The maximum absolute atomic E-state index is 9.46. The number of phenols is 1. The molecule has 0 amide bonds. The monoisotopic (exact) mass is 333 g/mol. The Kier molecular flexibility index (Phi) is 5.67. The van der Waals surface area contributed by atoms with Gasteiger partial charge in [0.05, 0.1) is 0 Å². The van der Waals surface area contributed by atoms with Crippen LogP contribution in [-0.4, -0.2) is 11.0 Å². The van der Waals surface area contributed by atoms with E-state index in [0.29, 0.717) is 19.1 Å². The van der Waals surface area contributed by atoms with Gasteiger partial charge in [0.15, 0.2) is 0 Å². The molecule has 0 aromatic heterocycles. The van der Waals surface area contributed by atoms with Gasteiger partial charge in [-0.3, -0.25) is 0 Å². The lowest BCUT2D eigenvalue weighted by Gasteiger charge is -2.10. The first kappa shape index (κ1) is 16.6. The molecule has 3 rings (SSSR count). The molecule has 0 unspecified atom stereocenters. The van der Waals surface area contributed by atoms with E-state index < -0.39 is 0 Å². The van der Waals surface area contributed by atoms with Crippen LogP contribution in [-0.2, 0) is 22.8 Å². The molecule has 0 radical (unpaired) electrons. The van der Waals surface area contributed by atoms with E-state index in [-0.39, 0.29) is 5.75 Å². The van der Waals surface area contributed by atoms with Gasteiger partial charge in [0.2, 0.25) is 0 Å². The summed E-state index contributed by atoms with van der Waals surface area (Å²) in [6.45, 7) is 0.742. The summed E-state index contributed by atoms with van der Waals surface area (Å²) in [5.41, 5.74) is 2.80. The highest BCUT2D eigenvalue weighted by molar-refractivity contribution is 5.93. The zero-order valence-electron chi connectivity index (χ0n) is 13.7. The van der Waals surface area contributed by atoms with E-state index in [9.17, 15) is 5.11 Å². The van der Waals surface area contributed by atoms with Crippen LogP contribution in [0.4, 0.5) is 0 Å². The number of phenolic OH excluding ortho intramolecular Hbond substituents is 1. The Balaban J connectivity index is 1.71. The molecular formula is C21H19NO3. The molecule has 4 nitrogen and oxygen atoms in total. The van der Waals surface area contributed by atoms with E-state index in [1.165, 1.54) is 0 Å². The fourth-order valence-corrected chi connectivity index (χ4v) is 2.23. The van der Waals surface area contributed by atoms with Gasteiger partial charge >= 0.3 is 0 Å². The minimum Gasteiger partial charge on any atom is -0.508 e. The van der Waals surface area contributed by atoms with E-state index in [4.69, 9.17) is 9.57 Å². The van der Waals surface area contributed by atoms with Crippen LogP contribution in [0.2, 0.25) is 0 Å². The third-order valence-electron chi connectivity index (χ3n) is 3.55. The molecule has 0 atom stereocenters. The molecular weight excluding hydrogens is 314 g/mol. The Morgan fingerprint density at radius 3 is 1.88 bits per heavy atom. The summed E-state index contributed by atoms with van der Waals surface area (Å²) in [6.07, 6.45) is 0. The summed E-state index contributed by atoms with van der Waals surface area (Å²) in [4.78, 5) is 5.46. The summed E-state index contributed by atoms with van der Waals surface area (Å²) in [5, 5.41) is 13.6. The highest BCUT2D eigenvalue weighted by Crippen LogP contribution is 2.13. The van der Waals surface area contributed by atoms with Gasteiger partial charge in [-0.1, -0.05) is 60.7 Å². The Morgan fingerprint density at radius 2 is 1.28 bits per heavy atom. The van der Waals surface area contributed by atoms with E-state index in [0.717, 1.165) is 16.7 Å². The fraction of sp³-hybridized carbons (Fsp3) is 0.0952. The van der Waals surface area contributed by atoms with Gasteiger partial charge in [-0.25, -0.2) is 0 Å². The largest absolute Gasteiger partial charge is 0.508 e. The maximum atomic E-state index is 9.46. The van der Waals surface area contributed by atoms with Crippen molar-refractivity contribution in [2.24, 2.45) is 5.16 Å². The standard InChI is InChI=1S/C21H19NO3/c23-20-13-11-19(12-14-20)21(24-15-17-7-3-1-4-8-17)22-25-16-18-9-5-2-6-10-18/h1-14,23H,15-16H2. The number of rotatable bonds is 6. The summed E-state index contributed by atoms with van der Waals surface area (Å²) >= 11 is 0. The Labute approximate surface area is 147 Å². The predicted octanol–water partition coefficient (Wildman–Crippen LogP) is 4.49. The number of ether oxygens (including phenoxy) is 1. The first-order valence-corrected chi connectivity index (χ1v) is 8.01. The van der Waals surface area contributed by atoms with Crippen LogP contribution in [0.5, 0.6) is 5.75 Å². The summed E-state index contributed by atoms with van der Waals surface area (Å²) in [5.74, 6) is 0.566. The van der Waals surface area contributed by atoms with Gasteiger partial charge in [0, 0.05) is 5.56 Å². The van der Waals surface area contributed by atoms with Crippen molar-refractivity contribution in [3.63, 3.8) is 0 Å². The number of aromatic hydroxyl groups is 1. The van der Waals surface area contributed by atoms with Gasteiger partial charge < -0.3 is 14.7 Å². The summed E-state index contributed by atoms with van der Waals surface area (Å²) in [6, 6.07) is 26.3. The second-order valence-corrected chi connectivity index (χ2v) is 5.48. The van der Waals surface area contributed by atoms with E-state index in [1.807, 2.05) is 60.7 Å². The topological polar surface area (TPSA) is 51.1 Å². The number of oxime groups is 1. The first-order chi connectivity index (χ1) is 12.3. The third-order valence-corrected chi connectivity index (χ3v) is 3.55. The summed E-state index contributed by atoms with van der Waals surface area (Å²) < 4.78 is 5.84. The normalized spacial score (nSPS) is 11.1. The molecule has 0 saturated heterocycles. The zero-order chi connectivity index (χ0) is 17.3. The van der Waals surface area contributed by atoms with Crippen LogP contribution in [0.15, 0.2) is 90.1 Å². The molecule has 0 bridgehead atoms. The fourth-order valence-electron chi connectivity index (χ4n) is 2.23. The minimum absolute atomic E-state index is 0.191. The van der Waals surface area contributed by atoms with Crippen molar-refractivity contribution in [3.8, 4) is 5.75 Å². The maximum Gasteiger partial charge on any atom is 0.257 e. The molecule has 0 saturated carbocycles. The second-order valence-electron chi connectivity index (χ2n) is 5.48. The van der Waals surface area contributed by atoms with Crippen molar-refractivity contribution in [1.29, 1.82) is 0 Å². The van der Waals surface area contributed by atoms with E-state index in [2.05, 4.69) is 5.16 Å². The molecule has 0 fully saturated rings. The Bertz CT molecular complexity index is 800. The lowest BCUT2D eigenvalue weighted by molar-refractivity contribution is 0.118. The van der Waals surface area contributed by atoms with Crippen molar-refractivity contribution in [3.05, 3.63) is 102 Å². The van der Waals surface area contributed by atoms with Crippen LogP contribution in [0.1, 0.15) is 16.7 Å². The van der Waals surface area contributed by atoms with Crippen molar-refractivity contribution in [2.75, 3.05) is 0 Å². The number of hydrogen-bond acceptors (Lipinski definition) is 4. The smallest absolute Gasteiger partial charge is 0.257 e.